The molecule has 1 aliphatic rings. The van der Waals surface area contributed by atoms with E-state index in [1.54, 1.807) is 0 Å². The number of thiophene rings is 1. The van der Waals surface area contributed by atoms with Crippen LogP contribution in [0.25, 0.3) is 0 Å². The number of likely N-dealkylation sites (N-methyl/N-ethyl adjacent to an activating group) is 1. The Kier molecular flexibility index (Phi) is 2.41. The lowest BCUT2D eigenvalue weighted by Gasteiger charge is -2.42. The molecule has 2 heterocycles. The molecule has 1 unspecified atom stereocenters. The first-order chi connectivity index (χ1) is 6.23. The minimum absolute atomic E-state index is 0.201. The second kappa shape index (κ2) is 3.40. The van der Waals surface area contributed by atoms with Gasteiger partial charge < -0.3 is 5.32 Å². The highest BCUT2D eigenvalue weighted by atomic mass is 32.1. The van der Waals surface area contributed by atoms with E-state index >= 15 is 0 Å². The molecule has 3 heteroatoms. The summed E-state index contributed by atoms with van der Waals surface area (Å²) in [7, 11) is 2.21. The van der Waals surface area contributed by atoms with Crippen molar-refractivity contribution in [2.75, 3.05) is 26.7 Å². The maximum Gasteiger partial charge on any atom is 0.0649 e. The Bertz CT molecular complexity index is 270. The van der Waals surface area contributed by atoms with Crippen LogP contribution in [0.2, 0.25) is 0 Å². The molecule has 1 saturated heterocycles. The number of nitrogens with zero attached hydrogens (tertiary/aromatic N) is 1. The van der Waals surface area contributed by atoms with E-state index in [0.717, 1.165) is 19.6 Å². The number of hydrogen-bond donors (Lipinski definition) is 1. The van der Waals surface area contributed by atoms with E-state index in [1.807, 2.05) is 11.3 Å². The summed E-state index contributed by atoms with van der Waals surface area (Å²) in [5, 5.41) is 5.61. The second-order valence-electron chi connectivity index (χ2n) is 3.85. The van der Waals surface area contributed by atoms with Crippen LogP contribution < -0.4 is 5.32 Å². The zero-order valence-corrected chi connectivity index (χ0v) is 9.03. The number of piperazine rings is 1. The fraction of sp³-hybridized carbons (Fsp3) is 0.600. The molecule has 1 aliphatic heterocycles. The van der Waals surface area contributed by atoms with Crippen LogP contribution in [-0.2, 0) is 5.54 Å². The molecule has 0 amide bonds. The fourth-order valence-electron chi connectivity index (χ4n) is 1.82. The smallest absolute Gasteiger partial charge is 0.0649 e. The first-order valence-electron chi connectivity index (χ1n) is 4.69. The molecule has 1 aromatic rings. The molecule has 2 rings (SSSR count). The minimum atomic E-state index is 0.201. The van der Waals surface area contributed by atoms with E-state index in [0.29, 0.717) is 0 Å². The van der Waals surface area contributed by atoms with Crippen LogP contribution >= 0.6 is 11.3 Å². The Labute approximate surface area is 83.6 Å². The van der Waals surface area contributed by atoms with Gasteiger partial charge in [0.2, 0.25) is 0 Å². The monoisotopic (exact) mass is 196 g/mol. The Morgan fingerprint density at radius 2 is 2.46 bits per heavy atom. The summed E-state index contributed by atoms with van der Waals surface area (Å²) in [6.07, 6.45) is 0. The average Bonchev–Trinajstić information content (AvgIpc) is 2.63. The largest absolute Gasteiger partial charge is 0.313 e. The minimum Gasteiger partial charge on any atom is -0.313 e. The molecule has 1 N–H and O–H groups in total. The van der Waals surface area contributed by atoms with Crippen LogP contribution in [0.1, 0.15) is 11.8 Å². The van der Waals surface area contributed by atoms with Crippen molar-refractivity contribution in [2.45, 2.75) is 12.5 Å². The first-order valence-corrected chi connectivity index (χ1v) is 5.57. The maximum absolute atomic E-state index is 3.46. The molecule has 0 bridgehead atoms. The number of nitrogens with one attached hydrogen (secondary N) is 1. The summed E-state index contributed by atoms with van der Waals surface area (Å²) in [6.45, 7) is 5.61. The van der Waals surface area contributed by atoms with Gasteiger partial charge in [0.15, 0.2) is 0 Å². The van der Waals surface area contributed by atoms with Crippen molar-refractivity contribution >= 4 is 11.3 Å². The molecule has 0 saturated carbocycles. The first kappa shape index (κ1) is 9.19. The van der Waals surface area contributed by atoms with Crippen LogP contribution in [0.4, 0.5) is 0 Å². The fourth-order valence-corrected chi connectivity index (χ4v) is 2.76. The van der Waals surface area contributed by atoms with Crippen molar-refractivity contribution < 1.29 is 0 Å². The van der Waals surface area contributed by atoms with E-state index in [4.69, 9.17) is 0 Å². The Hall–Kier alpha value is -0.380. The Morgan fingerprint density at radius 1 is 1.62 bits per heavy atom. The molecule has 13 heavy (non-hydrogen) atoms. The molecular weight excluding hydrogens is 180 g/mol. The third kappa shape index (κ3) is 1.52. The van der Waals surface area contributed by atoms with Gasteiger partial charge in [0.25, 0.3) is 0 Å². The quantitative estimate of drug-likeness (QED) is 0.732. The summed E-state index contributed by atoms with van der Waals surface area (Å²) >= 11 is 1.85. The van der Waals surface area contributed by atoms with Gasteiger partial charge in [0.1, 0.15) is 0 Å². The van der Waals surface area contributed by atoms with Gasteiger partial charge in [-0.3, -0.25) is 4.90 Å². The van der Waals surface area contributed by atoms with Crippen molar-refractivity contribution in [3.8, 4) is 0 Å². The molecule has 0 radical (unpaired) electrons. The molecule has 72 valence electrons. The van der Waals surface area contributed by atoms with Crippen molar-refractivity contribution in [1.29, 1.82) is 0 Å². The third-order valence-electron chi connectivity index (χ3n) is 2.99. The van der Waals surface area contributed by atoms with E-state index in [9.17, 15) is 0 Å². The lowest BCUT2D eigenvalue weighted by atomic mass is 9.96. The molecule has 1 fully saturated rings. The SMILES string of the molecule is CN1CCNCC1(C)c1cccs1. The highest BCUT2D eigenvalue weighted by Gasteiger charge is 2.34. The normalized spacial score (nSPS) is 30.6. The summed E-state index contributed by atoms with van der Waals surface area (Å²) in [5.41, 5.74) is 0.201. The van der Waals surface area contributed by atoms with Crippen LogP contribution in [0.3, 0.4) is 0 Å². The van der Waals surface area contributed by atoms with E-state index in [-0.39, 0.29) is 5.54 Å². The third-order valence-corrected chi connectivity index (χ3v) is 4.11. The van der Waals surface area contributed by atoms with Gasteiger partial charge in [-0.15, -0.1) is 11.3 Å². The lowest BCUT2D eigenvalue weighted by molar-refractivity contribution is 0.107. The molecule has 1 atom stereocenters. The van der Waals surface area contributed by atoms with E-state index < -0.39 is 0 Å². The standard InChI is InChI=1S/C10H16N2S/c1-10(9-4-3-7-13-9)8-11-5-6-12(10)2/h3-4,7,11H,5-6,8H2,1-2H3. The predicted molar refractivity (Wildman–Crippen MR) is 57.2 cm³/mol. The Balaban J connectivity index is 2.27. The van der Waals surface area contributed by atoms with E-state index in [2.05, 4.69) is 41.7 Å². The predicted octanol–water partition coefficient (Wildman–Crippen LogP) is 1.50. The van der Waals surface area contributed by atoms with Crippen molar-refractivity contribution in [3.05, 3.63) is 22.4 Å². The zero-order chi connectivity index (χ0) is 9.31. The number of hydrogen-bond acceptors (Lipinski definition) is 3. The van der Waals surface area contributed by atoms with Crippen LogP contribution in [0.5, 0.6) is 0 Å². The molecule has 1 aromatic heterocycles. The molecule has 0 aromatic carbocycles. The summed E-state index contributed by atoms with van der Waals surface area (Å²) < 4.78 is 0. The lowest BCUT2D eigenvalue weighted by Crippen LogP contribution is -2.55. The van der Waals surface area contributed by atoms with Gasteiger partial charge in [0, 0.05) is 24.5 Å². The van der Waals surface area contributed by atoms with Crippen LogP contribution in [0.15, 0.2) is 17.5 Å². The maximum atomic E-state index is 3.46. The van der Waals surface area contributed by atoms with Gasteiger partial charge in [-0.05, 0) is 25.4 Å². The molecule has 0 aliphatic carbocycles. The van der Waals surface area contributed by atoms with Gasteiger partial charge in [-0.2, -0.15) is 0 Å². The highest BCUT2D eigenvalue weighted by molar-refractivity contribution is 7.10. The van der Waals surface area contributed by atoms with Crippen LogP contribution in [0, 0.1) is 0 Å². The number of rotatable bonds is 1. The molecule has 0 spiro atoms. The van der Waals surface area contributed by atoms with Gasteiger partial charge >= 0.3 is 0 Å². The van der Waals surface area contributed by atoms with Crippen LogP contribution in [-0.4, -0.2) is 31.6 Å². The summed E-state index contributed by atoms with van der Waals surface area (Å²) in [5.74, 6) is 0. The van der Waals surface area contributed by atoms with Gasteiger partial charge in [-0.25, -0.2) is 0 Å². The zero-order valence-electron chi connectivity index (χ0n) is 8.21. The summed E-state index contributed by atoms with van der Waals surface area (Å²) in [6, 6.07) is 4.36. The van der Waals surface area contributed by atoms with E-state index in [1.165, 1.54) is 4.88 Å². The molecule has 2 nitrogen and oxygen atoms in total. The van der Waals surface area contributed by atoms with Gasteiger partial charge in [-0.1, -0.05) is 6.07 Å². The van der Waals surface area contributed by atoms with Gasteiger partial charge in [0.05, 0.1) is 5.54 Å². The topological polar surface area (TPSA) is 15.3 Å². The second-order valence-corrected chi connectivity index (χ2v) is 4.80. The van der Waals surface area contributed by atoms with Crippen molar-refractivity contribution in [2.24, 2.45) is 0 Å². The average molecular weight is 196 g/mol. The molecular formula is C10H16N2S. The van der Waals surface area contributed by atoms with Crippen molar-refractivity contribution in [3.63, 3.8) is 0 Å². The van der Waals surface area contributed by atoms with Crippen molar-refractivity contribution in [1.82, 2.24) is 10.2 Å². The highest BCUT2D eigenvalue weighted by Crippen LogP contribution is 2.31. The summed E-state index contributed by atoms with van der Waals surface area (Å²) in [4.78, 5) is 3.90. The Morgan fingerprint density at radius 3 is 3.08 bits per heavy atom.